The predicted molar refractivity (Wildman–Crippen MR) is 223 cm³/mol. The van der Waals surface area contributed by atoms with Crippen molar-refractivity contribution in [1.29, 1.82) is 0 Å². The quantitative estimate of drug-likeness (QED) is 0.124. The van der Waals surface area contributed by atoms with E-state index in [1.54, 1.807) is 20.1 Å². The van der Waals surface area contributed by atoms with Gasteiger partial charge in [-0.2, -0.15) is 0 Å². The highest BCUT2D eigenvalue weighted by Crippen LogP contribution is 2.39. The number of fused-ring (bicyclic) bond motifs is 6. The van der Waals surface area contributed by atoms with Gasteiger partial charge in [0.25, 0.3) is 0 Å². The first-order valence-electron chi connectivity index (χ1n) is 19.1. The smallest absolute Gasteiger partial charge is 0.338 e. The van der Waals surface area contributed by atoms with Crippen molar-refractivity contribution in [2.24, 2.45) is 0 Å². The molecule has 0 bridgehead atoms. The Balaban J connectivity index is 0.000000211. The second kappa shape index (κ2) is 16.0. The maximum absolute atomic E-state index is 11.8. The average molecular weight is 725 g/mol. The molecule has 1 aliphatic rings. The molecule has 274 valence electrons. The Bertz CT molecular complexity index is 2540. The van der Waals surface area contributed by atoms with Crippen LogP contribution in [0.3, 0.4) is 0 Å². The number of carbonyl (C=O) groups is 1. The van der Waals surface area contributed by atoms with Gasteiger partial charge >= 0.3 is 5.97 Å². The summed E-state index contributed by atoms with van der Waals surface area (Å²) in [6.45, 7) is 4.33. The van der Waals surface area contributed by atoms with E-state index in [9.17, 15) is 4.79 Å². The van der Waals surface area contributed by atoms with Crippen molar-refractivity contribution in [1.82, 2.24) is 10.3 Å². The number of nitrogens with one attached hydrogen (secondary N) is 1. The number of nitrogens with zero attached hydrogens (tertiary/aromatic N) is 1. The number of carbonyl (C=O) groups excluding carboxylic acids is 1. The number of methoxy groups -OCH3 is 1. The van der Waals surface area contributed by atoms with Crippen molar-refractivity contribution in [2.75, 3.05) is 13.7 Å². The maximum Gasteiger partial charge on any atom is 0.338 e. The lowest BCUT2D eigenvalue weighted by molar-refractivity contribution is 0.0528. The highest BCUT2D eigenvalue weighted by atomic mass is 16.5. The van der Waals surface area contributed by atoms with E-state index in [1.165, 1.54) is 39.1 Å². The summed E-state index contributed by atoms with van der Waals surface area (Å²) in [6, 6.07) is 49.9. The van der Waals surface area contributed by atoms with Gasteiger partial charge in [0.1, 0.15) is 11.4 Å². The van der Waals surface area contributed by atoms with Crippen LogP contribution < -0.4 is 10.1 Å². The fourth-order valence-corrected chi connectivity index (χ4v) is 7.90. The molecule has 9 rings (SSSR count). The molecule has 0 radical (unpaired) electrons. The van der Waals surface area contributed by atoms with Gasteiger partial charge in [-0.1, -0.05) is 133 Å². The van der Waals surface area contributed by atoms with Crippen LogP contribution >= 0.6 is 0 Å². The molecule has 6 nitrogen and oxygen atoms in total. The molecule has 0 fully saturated rings. The number of aromatic nitrogens is 1. The third-order valence-corrected chi connectivity index (χ3v) is 10.5. The van der Waals surface area contributed by atoms with Crippen LogP contribution in [0.5, 0.6) is 5.75 Å². The number of rotatable bonds is 8. The second-order valence-electron chi connectivity index (χ2n) is 13.9. The number of benzene rings is 7. The number of oxazole rings is 1. The van der Waals surface area contributed by atoms with E-state index in [0.717, 1.165) is 57.8 Å². The lowest BCUT2D eigenvalue weighted by Crippen LogP contribution is -2.28. The molecule has 0 spiro atoms. The van der Waals surface area contributed by atoms with E-state index in [1.807, 2.05) is 66.7 Å². The van der Waals surface area contributed by atoms with Crippen molar-refractivity contribution in [2.45, 2.75) is 45.2 Å². The Kier molecular flexibility index (Phi) is 10.4. The number of hydrogen-bond acceptors (Lipinski definition) is 6. The maximum atomic E-state index is 11.8. The number of ether oxygens (including phenoxy) is 2. The molecule has 6 heteroatoms. The third kappa shape index (κ3) is 7.21. The number of hydrogen-bond donors (Lipinski definition) is 1. The zero-order valence-corrected chi connectivity index (χ0v) is 31.4. The Hall–Kier alpha value is -6.24. The molecule has 0 saturated carbocycles. The summed E-state index contributed by atoms with van der Waals surface area (Å²) < 4.78 is 16.8. The molecule has 0 amide bonds. The molecule has 55 heavy (non-hydrogen) atoms. The minimum atomic E-state index is -0.300. The van der Waals surface area contributed by atoms with Crippen molar-refractivity contribution >= 4 is 38.3 Å². The Morgan fingerprint density at radius 1 is 0.745 bits per heavy atom. The van der Waals surface area contributed by atoms with E-state index >= 15 is 0 Å². The molecular formula is C49H44N2O4. The third-order valence-electron chi connectivity index (χ3n) is 10.5. The molecule has 8 aromatic rings. The van der Waals surface area contributed by atoms with E-state index in [4.69, 9.17) is 18.9 Å². The van der Waals surface area contributed by atoms with Gasteiger partial charge in [-0.3, -0.25) is 5.32 Å². The summed E-state index contributed by atoms with van der Waals surface area (Å²) in [5, 5.41) is 11.0. The predicted octanol–water partition coefficient (Wildman–Crippen LogP) is 12.1. The molecular weight excluding hydrogens is 681 g/mol. The molecule has 1 N–H and O–H groups in total. The first kappa shape index (κ1) is 35.8. The van der Waals surface area contributed by atoms with Gasteiger partial charge in [-0.15, -0.1) is 0 Å². The Labute approximate surface area is 321 Å². The van der Waals surface area contributed by atoms with Gasteiger partial charge in [0, 0.05) is 22.6 Å². The Morgan fingerprint density at radius 3 is 2.22 bits per heavy atom. The molecule has 1 heterocycles. The molecule has 1 aromatic heterocycles. The number of aryl methyl sites for hydroxylation is 1. The van der Waals surface area contributed by atoms with E-state index in [-0.39, 0.29) is 18.1 Å². The van der Waals surface area contributed by atoms with Gasteiger partial charge in [0.2, 0.25) is 5.89 Å². The lowest BCUT2D eigenvalue weighted by atomic mass is 9.83. The molecule has 7 aromatic carbocycles. The van der Waals surface area contributed by atoms with Crippen LogP contribution in [0.1, 0.15) is 66.1 Å². The normalized spacial score (nSPS) is 14.2. The summed E-state index contributed by atoms with van der Waals surface area (Å²) in [4.78, 5) is 16.8. The molecule has 2 atom stereocenters. The van der Waals surface area contributed by atoms with Crippen LogP contribution in [0, 0.1) is 0 Å². The molecule has 2 unspecified atom stereocenters. The average Bonchev–Trinajstić information content (AvgIpc) is 3.70. The van der Waals surface area contributed by atoms with Gasteiger partial charge in [0.15, 0.2) is 5.76 Å². The van der Waals surface area contributed by atoms with Crippen LogP contribution in [0.25, 0.3) is 54.9 Å². The Morgan fingerprint density at radius 2 is 1.44 bits per heavy atom. The minimum absolute atomic E-state index is 0.0295. The second-order valence-corrected chi connectivity index (χ2v) is 13.9. The summed E-state index contributed by atoms with van der Waals surface area (Å²) >= 11 is 0. The molecule has 0 saturated heterocycles. The summed E-state index contributed by atoms with van der Waals surface area (Å²) in [6.07, 6.45) is 3.39. The standard InChI is InChI=1S/C35H30N2O.C14H14O3/c1-23(35-37-33(25-12-4-2-5-13-25)34(38-35)26-14-6-3-7-15-26)36-32-18-10-17-28-30-20-19-24-11-8-9-16-27(24)29(30)21-22-31(28)32;1-3-17-14(15)12-8-4-7-11-10(12)6-5-9-13(11)16-2/h2-9,11-16,19-23,32,36H,10,17-18H2,1H3;4-9H,3H2,1-2H3. The van der Waals surface area contributed by atoms with Crippen LogP contribution in [-0.4, -0.2) is 24.7 Å². The topological polar surface area (TPSA) is 73.6 Å². The van der Waals surface area contributed by atoms with Crippen molar-refractivity contribution in [3.05, 3.63) is 168 Å². The van der Waals surface area contributed by atoms with E-state index in [2.05, 4.69) is 85.0 Å². The van der Waals surface area contributed by atoms with Crippen LogP contribution in [0.4, 0.5) is 0 Å². The summed E-state index contributed by atoms with van der Waals surface area (Å²) in [5.41, 5.74) is 6.45. The minimum Gasteiger partial charge on any atom is -0.496 e. The van der Waals surface area contributed by atoms with Crippen molar-refractivity contribution in [3.63, 3.8) is 0 Å². The van der Waals surface area contributed by atoms with Crippen molar-refractivity contribution < 1.29 is 18.7 Å². The van der Waals surface area contributed by atoms with Gasteiger partial charge in [-0.05, 0) is 83.3 Å². The van der Waals surface area contributed by atoms with Crippen molar-refractivity contribution in [3.8, 4) is 28.3 Å². The van der Waals surface area contributed by atoms with Crippen LogP contribution in [0.15, 0.2) is 150 Å². The fraction of sp³-hybridized carbons (Fsp3) is 0.184. The van der Waals surface area contributed by atoms with E-state index in [0.29, 0.717) is 12.2 Å². The monoisotopic (exact) mass is 724 g/mol. The first-order valence-corrected chi connectivity index (χ1v) is 19.1. The highest BCUT2D eigenvalue weighted by Gasteiger charge is 2.27. The molecule has 1 aliphatic carbocycles. The summed E-state index contributed by atoms with van der Waals surface area (Å²) in [5.74, 6) is 2.00. The zero-order chi connectivity index (χ0) is 37.7. The van der Waals surface area contributed by atoms with E-state index < -0.39 is 0 Å². The largest absolute Gasteiger partial charge is 0.496 e. The summed E-state index contributed by atoms with van der Waals surface area (Å²) in [7, 11) is 1.62. The first-order chi connectivity index (χ1) is 27.0. The molecule has 0 aliphatic heterocycles. The van der Waals surface area contributed by atoms with Crippen LogP contribution in [-0.2, 0) is 11.2 Å². The number of esters is 1. The fourth-order valence-electron chi connectivity index (χ4n) is 7.90. The SMILES string of the molecule is CC(NC1CCCc2c1ccc1c2ccc2ccccc21)c1nc(-c2ccccc2)c(-c2ccccc2)o1.CCOC(=O)c1cccc2c(OC)cccc12. The van der Waals surface area contributed by atoms with Crippen LogP contribution in [0.2, 0.25) is 0 Å². The lowest BCUT2D eigenvalue weighted by Gasteiger charge is -2.29. The van der Waals surface area contributed by atoms with Gasteiger partial charge in [-0.25, -0.2) is 9.78 Å². The van der Waals surface area contributed by atoms with Gasteiger partial charge in [0.05, 0.1) is 25.3 Å². The zero-order valence-electron chi connectivity index (χ0n) is 31.4. The van der Waals surface area contributed by atoms with Gasteiger partial charge < -0.3 is 13.9 Å². The highest BCUT2D eigenvalue weighted by molar-refractivity contribution is 6.09.